The van der Waals surface area contributed by atoms with Crippen LogP contribution in [0.3, 0.4) is 0 Å². The van der Waals surface area contributed by atoms with Crippen molar-refractivity contribution in [3.63, 3.8) is 0 Å². The van der Waals surface area contributed by atoms with Crippen LogP contribution in [0.1, 0.15) is 19.9 Å². The van der Waals surface area contributed by atoms with E-state index < -0.39 is 0 Å². The topological polar surface area (TPSA) is 56.7 Å². The summed E-state index contributed by atoms with van der Waals surface area (Å²) < 4.78 is 2.02. The quantitative estimate of drug-likeness (QED) is 0.717. The fourth-order valence-corrected chi connectivity index (χ4v) is 1.31. The van der Waals surface area contributed by atoms with E-state index in [0.717, 1.165) is 11.2 Å². The van der Waals surface area contributed by atoms with E-state index in [9.17, 15) is 0 Å². The molecule has 68 valence electrons. The first-order chi connectivity index (χ1) is 6.18. The number of nitrogens with two attached hydrogens (primary N) is 1. The van der Waals surface area contributed by atoms with E-state index in [4.69, 9.17) is 5.73 Å². The second-order valence-electron chi connectivity index (χ2n) is 3.36. The number of nitrogens with zero attached hydrogens (tertiary/aromatic N) is 3. The first-order valence-corrected chi connectivity index (χ1v) is 4.26. The lowest BCUT2D eigenvalue weighted by atomic mass is 10.3. The molecule has 0 atom stereocenters. The number of imidazole rings is 1. The van der Waals surface area contributed by atoms with Gasteiger partial charge in [-0.25, -0.2) is 9.97 Å². The molecule has 2 aromatic heterocycles. The zero-order chi connectivity index (χ0) is 9.42. The van der Waals surface area contributed by atoms with Crippen molar-refractivity contribution in [2.24, 2.45) is 0 Å². The standard InChI is InChI=1S/C9H12N4/c1-6(2)13-5-12-8-3-7(10)4-11-9(8)13/h3-6H,10H2,1-2H3. The van der Waals surface area contributed by atoms with Crippen molar-refractivity contribution in [2.45, 2.75) is 19.9 Å². The van der Waals surface area contributed by atoms with Crippen molar-refractivity contribution in [1.29, 1.82) is 0 Å². The van der Waals surface area contributed by atoms with E-state index in [1.54, 1.807) is 12.5 Å². The van der Waals surface area contributed by atoms with Crippen LogP contribution in [0.4, 0.5) is 5.69 Å². The van der Waals surface area contributed by atoms with Gasteiger partial charge in [-0.1, -0.05) is 0 Å². The van der Waals surface area contributed by atoms with Gasteiger partial charge in [-0.05, 0) is 19.9 Å². The van der Waals surface area contributed by atoms with Gasteiger partial charge in [-0.15, -0.1) is 0 Å². The molecule has 0 amide bonds. The van der Waals surface area contributed by atoms with Crippen molar-refractivity contribution >= 4 is 16.9 Å². The maximum Gasteiger partial charge on any atom is 0.160 e. The summed E-state index contributed by atoms with van der Waals surface area (Å²) in [4.78, 5) is 8.46. The van der Waals surface area contributed by atoms with Crippen LogP contribution in [-0.2, 0) is 0 Å². The Balaban J connectivity index is 2.69. The lowest BCUT2D eigenvalue weighted by Crippen LogP contribution is -1.99. The highest BCUT2D eigenvalue weighted by atomic mass is 15.1. The SMILES string of the molecule is CC(C)n1cnc2cc(N)cnc21. The molecule has 0 spiro atoms. The molecule has 0 saturated heterocycles. The molecule has 0 saturated carbocycles. The van der Waals surface area contributed by atoms with Crippen LogP contribution in [0.2, 0.25) is 0 Å². The highest BCUT2D eigenvalue weighted by Crippen LogP contribution is 2.16. The van der Waals surface area contributed by atoms with Crippen molar-refractivity contribution in [3.05, 3.63) is 18.6 Å². The van der Waals surface area contributed by atoms with Gasteiger partial charge in [-0.3, -0.25) is 0 Å². The van der Waals surface area contributed by atoms with Crippen LogP contribution in [0.15, 0.2) is 18.6 Å². The highest BCUT2D eigenvalue weighted by Gasteiger charge is 2.05. The summed E-state index contributed by atoms with van der Waals surface area (Å²) in [5, 5.41) is 0. The molecule has 0 unspecified atom stereocenters. The lowest BCUT2D eigenvalue weighted by molar-refractivity contribution is 0.613. The fourth-order valence-electron chi connectivity index (χ4n) is 1.31. The Hall–Kier alpha value is -1.58. The predicted molar refractivity (Wildman–Crippen MR) is 52.3 cm³/mol. The third-order valence-electron chi connectivity index (χ3n) is 1.99. The first kappa shape index (κ1) is 8.04. The second-order valence-corrected chi connectivity index (χ2v) is 3.36. The Morgan fingerprint density at radius 2 is 2.15 bits per heavy atom. The number of aromatic nitrogens is 3. The van der Waals surface area contributed by atoms with Gasteiger partial charge in [0.25, 0.3) is 0 Å². The number of pyridine rings is 1. The maximum absolute atomic E-state index is 5.60. The summed E-state index contributed by atoms with van der Waals surface area (Å²) in [6, 6.07) is 2.21. The van der Waals surface area contributed by atoms with Crippen molar-refractivity contribution < 1.29 is 0 Å². The zero-order valence-electron chi connectivity index (χ0n) is 7.73. The second kappa shape index (κ2) is 2.73. The zero-order valence-corrected chi connectivity index (χ0v) is 7.73. The first-order valence-electron chi connectivity index (χ1n) is 4.26. The fraction of sp³-hybridized carbons (Fsp3) is 0.333. The number of rotatable bonds is 1. The van der Waals surface area contributed by atoms with Crippen LogP contribution >= 0.6 is 0 Å². The minimum atomic E-state index is 0.376. The van der Waals surface area contributed by atoms with Crippen LogP contribution in [0, 0.1) is 0 Å². The normalized spacial score (nSPS) is 11.3. The smallest absolute Gasteiger partial charge is 0.160 e. The number of hydrogen-bond acceptors (Lipinski definition) is 3. The molecule has 4 nitrogen and oxygen atoms in total. The van der Waals surface area contributed by atoms with Crippen LogP contribution < -0.4 is 5.73 Å². The van der Waals surface area contributed by atoms with Gasteiger partial charge in [0.05, 0.1) is 18.2 Å². The summed E-state index contributed by atoms with van der Waals surface area (Å²) >= 11 is 0. The van der Waals surface area contributed by atoms with Crippen LogP contribution in [0.25, 0.3) is 11.2 Å². The highest BCUT2D eigenvalue weighted by molar-refractivity contribution is 5.74. The van der Waals surface area contributed by atoms with Gasteiger partial charge in [0.1, 0.15) is 5.52 Å². The van der Waals surface area contributed by atoms with Crippen molar-refractivity contribution in [2.75, 3.05) is 5.73 Å². The Morgan fingerprint density at radius 3 is 2.85 bits per heavy atom. The lowest BCUT2D eigenvalue weighted by Gasteiger charge is -2.06. The molecule has 2 rings (SSSR count). The van der Waals surface area contributed by atoms with Gasteiger partial charge in [0, 0.05) is 6.04 Å². The monoisotopic (exact) mass is 176 g/mol. The van der Waals surface area contributed by atoms with Crippen LogP contribution in [-0.4, -0.2) is 14.5 Å². The van der Waals surface area contributed by atoms with E-state index >= 15 is 0 Å². The number of anilines is 1. The molecule has 0 aliphatic rings. The number of fused-ring (bicyclic) bond motifs is 1. The summed E-state index contributed by atoms with van der Waals surface area (Å²) in [5.41, 5.74) is 8.00. The van der Waals surface area contributed by atoms with E-state index in [1.807, 2.05) is 10.6 Å². The number of nitrogen functional groups attached to an aromatic ring is 1. The molecule has 0 aliphatic carbocycles. The summed E-state index contributed by atoms with van der Waals surface area (Å²) in [5.74, 6) is 0. The summed E-state index contributed by atoms with van der Waals surface area (Å²) in [7, 11) is 0. The van der Waals surface area contributed by atoms with Gasteiger partial charge in [0.15, 0.2) is 5.65 Å². The largest absolute Gasteiger partial charge is 0.397 e. The maximum atomic E-state index is 5.60. The molecule has 4 heteroatoms. The molecular formula is C9H12N4. The van der Waals surface area contributed by atoms with Gasteiger partial charge in [0.2, 0.25) is 0 Å². The van der Waals surface area contributed by atoms with Crippen molar-refractivity contribution in [1.82, 2.24) is 14.5 Å². The van der Waals surface area contributed by atoms with E-state index in [0.29, 0.717) is 11.7 Å². The summed E-state index contributed by atoms with van der Waals surface area (Å²) in [6.45, 7) is 4.19. The average molecular weight is 176 g/mol. The molecule has 0 fully saturated rings. The van der Waals surface area contributed by atoms with Gasteiger partial charge in [-0.2, -0.15) is 0 Å². The van der Waals surface area contributed by atoms with E-state index in [2.05, 4.69) is 23.8 Å². The van der Waals surface area contributed by atoms with Crippen LogP contribution in [0.5, 0.6) is 0 Å². The van der Waals surface area contributed by atoms with Crippen molar-refractivity contribution in [3.8, 4) is 0 Å². The molecule has 0 aromatic carbocycles. The minimum Gasteiger partial charge on any atom is -0.397 e. The molecule has 13 heavy (non-hydrogen) atoms. The Morgan fingerprint density at radius 1 is 1.38 bits per heavy atom. The third kappa shape index (κ3) is 1.24. The molecule has 2 N–H and O–H groups in total. The molecule has 0 radical (unpaired) electrons. The van der Waals surface area contributed by atoms with Gasteiger partial charge >= 0.3 is 0 Å². The number of hydrogen-bond donors (Lipinski definition) is 1. The van der Waals surface area contributed by atoms with E-state index in [-0.39, 0.29) is 0 Å². The molecule has 2 heterocycles. The molecule has 2 aromatic rings. The summed E-state index contributed by atoms with van der Waals surface area (Å²) in [6.07, 6.45) is 3.45. The molecule has 0 aliphatic heterocycles. The Labute approximate surface area is 76.4 Å². The molecule has 0 bridgehead atoms. The third-order valence-corrected chi connectivity index (χ3v) is 1.99. The van der Waals surface area contributed by atoms with Gasteiger partial charge < -0.3 is 10.3 Å². The average Bonchev–Trinajstić information content (AvgIpc) is 2.46. The Kier molecular flexibility index (Phi) is 1.69. The van der Waals surface area contributed by atoms with E-state index in [1.165, 1.54) is 0 Å². The Bertz CT molecular complexity index is 430. The molecular weight excluding hydrogens is 164 g/mol. The minimum absolute atomic E-state index is 0.376. The predicted octanol–water partition coefficient (Wildman–Crippen LogP) is 1.59.